The Bertz CT molecular complexity index is 1160. The number of hydrazine groups is 1. The summed E-state index contributed by atoms with van der Waals surface area (Å²) in [7, 11) is 2.95. The first-order valence-corrected chi connectivity index (χ1v) is 9.56. The predicted octanol–water partition coefficient (Wildman–Crippen LogP) is 2.64. The van der Waals surface area contributed by atoms with E-state index in [0.29, 0.717) is 16.5 Å². The van der Waals surface area contributed by atoms with E-state index in [1.165, 1.54) is 49.2 Å². The molecule has 0 radical (unpaired) electrons. The van der Waals surface area contributed by atoms with Gasteiger partial charge in [-0.1, -0.05) is 23.7 Å². The molecule has 31 heavy (non-hydrogen) atoms. The van der Waals surface area contributed by atoms with Crippen molar-refractivity contribution in [3.05, 3.63) is 92.9 Å². The molecule has 1 heterocycles. The SMILES string of the molecule is COc1ccc(C(=O)NNC(=O)c2ccc(=O)n(Cc3ccc(Cl)cc3)c2)cc1OC. The molecule has 2 aromatic carbocycles. The number of methoxy groups -OCH3 is 2. The molecule has 2 N–H and O–H groups in total. The molecule has 0 saturated carbocycles. The molecule has 0 unspecified atom stereocenters. The first-order valence-electron chi connectivity index (χ1n) is 9.19. The van der Waals surface area contributed by atoms with Gasteiger partial charge in [-0.25, -0.2) is 0 Å². The highest BCUT2D eigenvalue weighted by molar-refractivity contribution is 6.30. The van der Waals surface area contributed by atoms with Crippen LogP contribution in [0.3, 0.4) is 0 Å². The summed E-state index contributed by atoms with van der Waals surface area (Å²) in [4.78, 5) is 37.0. The summed E-state index contributed by atoms with van der Waals surface area (Å²) in [6.07, 6.45) is 1.43. The number of carbonyl (C=O) groups is 2. The first kappa shape index (κ1) is 21.9. The van der Waals surface area contributed by atoms with Crippen molar-refractivity contribution >= 4 is 23.4 Å². The number of rotatable bonds is 6. The number of aromatic nitrogens is 1. The molecule has 1 aromatic heterocycles. The minimum Gasteiger partial charge on any atom is -0.493 e. The van der Waals surface area contributed by atoms with Crippen molar-refractivity contribution in [2.45, 2.75) is 6.54 Å². The molecule has 0 atom stereocenters. The number of amides is 2. The van der Waals surface area contributed by atoms with Gasteiger partial charge in [0.1, 0.15) is 0 Å². The fourth-order valence-electron chi connectivity index (χ4n) is 2.81. The fourth-order valence-corrected chi connectivity index (χ4v) is 2.94. The number of nitrogens with zero attached hydrogens (tertiary/aromatic N) is 1. The van der Waals surface area contributed by atoms with Crippen molar-refractivity contribution in [2.24, 2.45) is 0 Å². The Morgan fingerprint density at radius 2 is 1.48 bits per heavy atom. The standard InChI is InChI=1S/C22H20ClN3O5/c1-30-18-9-5-15(11-19(18)31-2)21(28)24-25-22(29)16-6-10-20(27)26(13-16)12-14-3-7-17(23)8-4-14/h3-11,13H,12H2,1-2H3,(H,24,28)(H,25,29). The minimum atomic E-state index is -0.571. The highest BCUT2D eigenvalue weighted by atomic mass is 35.5. The lowest BCUT2D eigenvalue weighted by Crippen LogP contribution is -2.42. The third kappa shape index (κ3) is 5.43. The van der Waals surface area contributed by atoms with Crippen molar-refractivity contribution in [3.63, 3.8) is 0 Å². The van der Waals surface area contributed by atoms with Crippen molar-refractivity contribution in [1.82, 2.24) is 15.4 Å². The van der Waals surface area contributed by atoms with E-state index in [9.17, 15) is 14.4 Å². The second-order valence-corrected chi connectivity index (χ2v) is 6.92. The Morgan fingerprint density at radius 1 is 0.871 bits per heavy atom. The summed E-state index contributed by atoms with van der Waals surface area (Å²) >= 11 is 5.88. The normalized spacial score (nSPS) is 10.3. The van der Waals surface area contributed by atoms with Crippen LogP contribution in [0, 0.1) is 0 Å². The van der Waals surface area contributed by atoms with Crippen LogP contribution in [-0.4, -0.2) is 30.6 Å². The van der Waals surface area contributed by atoms with Crippen LogP contribution in [0.15, 0.2) is 65.6 Å². The average Bonchev–Trinajstić information content (AvgIpc) is 2.79. The van der Waals surface area contributed by atoms with Gasteiger partial charge in [-0.2, -0.15) is 0 Å². The third-order valence-corrected chi connectivity index (χ3v) is 4.70. The second-order valence-electron chi connectivity index (χ2n) is 6.49. The molecule has 3 aromatic rings. The molecule has 0 saturated heterocycles. The van der Waals surface area contributed by atoms with Gasteiger partial charge in [0.2, 0.25) is 0 Å². The minimum absolute atomic E-state index is 0.209. The smallest absolute Gasteiger partial charge is 0.271 e. The molecule has 2 amide bonds. The topological polar surface area (TPSA) is 98.7 Å². The van der Waals surface area contributed by atoms with E-state index in [-0.39, 0.29) is 23.2 Å². The number of hydrogen-bond acceptors (Lipinski definition) is 5. The summed E-state index contributed by atoms with van der Waals surface area (Å²) in [6, 6.07) is 14.3. The van der Waals surface area contributed by atoms with E-state index in [2.05, 4.69) is 10.9 Å². The number of halogens is 1. The maximum absolute atomic E-state index is 12.5. The van der Waals surface area contributed by atoms with E-state index >= 15 is 0 Å². The maximum atomic E-state index is 12.5. The van der Waals surface area contributed by atoms with Crippen molar-refractivity contribution < 1.29 is 19.1 Å². The summed E-state index contributed by atoms with van der Waals surface area (Å²) in [6.45, 7) is 0.273. The van der Waals surface area contributed by atoms with Gasteiger partial charge in [0.15, 0.2) is 11.5 Å². The molecule has 9 heteroatoms. The van der Waals surface area contributed by atoms with Gasteiger partial charge in [0, 0.05) is 22.8 Å². The van der Waals surface area contributed by atoms with Crippen LogP contribution in [0.5, 0.6) is 11.5 Å². The van der Waals surface area contributed by atoms with Crippen LogP contribution in [0.2, 0.25) is 5.02 Å². The van der Waals surface area contributed by atoms with Gasteiger partial charge < -0.3 is 14.0 Å². The van der Waals surface area contributed by atoms with E-state index in [1.807, 2.05) is 0 Å². The molecule has 160 valence electrons. The lowest BCUT2D eigenvalue weighted by Gasteiger charge is -2.11. The highest BCUT2D eigenvalue weighted by Gasteiger charge is 2.13. The van der Waals surface area contributed by atoms with Crippen LogP contribution in [0.1, 0.15) is 26.3 Å². The van der Waals surface area contributed by atoms with E-state index < -0.39 is 11.8 Å². The van der Waals surface area contributed by atoms with Crippen molar-refractivity contribution in [2.75, 3.05) is 14.2 Å². The van der Waals surface area contributed by atoms with Crippen LogP contribution >= 0.6 is 11.6 Å². The first-order chi connectivity index (χ1) is 14.9. The molecule has 0 aliphatic carbocycles. The molecular formula is C22H20ClN3O5. The van der Waals surface area contributed by atoms with Gasteiger partial charge in [0.05, 0.1) is 26.3 Å². The van der Waals surface area contributed by atoms with Crippen LogP contribution in [-0.2, 0) is 6.54 Å². The Labute approximate surface area is 183 Å². The summed E-state index contributed by atoms with van der Waals surface area (Å²) in [5.41, 5.74) is 5.75. The summed E-state index contributed by atoms with van der Waals surface area (Å²) in [5.74, 6) is -0.246. The zero-order chi connectivity index (χ0) is 22.4. The lowest BCUT2D eigenvalue weighted by atomic mass is 10.2. The Kier molecular flexibility index (Phi) is 6.94. The maximum Gasteiger partial charge on any atom is 0.271 e. The molecule has 0 aliphatic heterocycles. The zero-order valence-electron chi connectivity index (χ0n) is 16.8. The van der Waals surface area contributed by atoms with Crippen LogP contribution in [0.25, 0.3) is 0 Å². The lowest BCUT2D eigenvalue weighted by molar-refractivity contribution is 0.0846. The Morgan fingerprint density at radius 3 is 2.13 bits per heavy atom. The molecule has 8 nitrogen and oxygen atoms in total. The molecule has 0 bridgehead atoms. The molecule has 0 fully saturated rings. The Hall–Kier alpha value is -3.78. The predicted molar refractivity (Wildman–Crippen MR) is 116 cm³/mol. The van der Waals surface area contributed by atoms with Crippen molar-refractivity contribution in [1.29, 1.82) is 0 Å². The third-order valence-electron chi connectivity index (χ3n) is 4.45. The summed E-state index contributed by atoms with van der Waals surface area (Å²) in [5, 5.41) is 0.592. The molecule has 0 aliphatic rings. The molecular weight excluding hydrogens is 422 g/mol. The zero-order valence-corrected chi connectivity index (χ0v) is 17.6. The van der Waals surface area contributed by atoms with Gasteiger partial charge in [-0.3, -0.25) is 25.2 Å². The fraction of sp³-hybridized carbons (Fsp3) is 0.136. The number of hydrogen-bond donors (Lipinski definition) is 2. The quantitative estimate of drug-likeness (QED) is 0.573. The number of nitrogens with one attached hydrogen (secondary N) is 2. The number of benzene rings is 2. The van der Waals surface area contributed by atoms with Gasteiger partial charge in [-0.15, -0.1) is 0 Å². The number of pyridine rings is 1. The average molecular weight is 442 g/mol. The molecule has 0 spiro atoms. The molecule has 3 rings (SSSR count). The van der Waals surface area contributed by atoms with Gasteiger partial charge >= 0.3 is 0 Å². The van der Waals surface area contributed by atoms with Crippen molar-refractivity contribution in [3.8, 4) is 11.5 Å². The van der Waals surface area contributed by atoms with Gasteiger partial charge in [-0.05, 0) is 42.0 Å². The van der Waals surface area contributed by atoms with E-state index in [0.717, 1.165) is 5.56 Å². The number of ether oxygens (including phenoxy) is 2. The highest BCUT2D eigenvalue weighted by Crippen LogP contribution is 2.27. The monoisotopic (exact) mass is 441 g/mol. The summed E-state index contributed by atoms with van der Waals surface area (Å²) < 4.78 is 11.7. The van der Waals surface area contributed by atoms with Gasteiger partial charge in [0.25, 0.3) is 17.4 Å². The van der Waals surface area contributed by atoms with E-state index in [4.69, 9.17) is 21.1 Å². The van der Waals surface area contributed by atoms with E-state index in [1.54, 1.807) is 30.3 Å². The van der Waals surface area contributed by atoms with Crippen LogP contribution < -0.4 is 25.9 Å². The van der Waals surface area contributed by atoms with Crippen LogP contribution in [0.4, 0.5) is 0 Å². The number of carbonyl (C=O) groups excluding carboxylic acids is 2. The largest absolute Gasteiger partial charge is 0.493 e. The Balaban J connectivity index is 1.68. The second kappa shape index (κ2) is 9.82.